The number of benzene rings is 2. The van der Waals surface area contributed by atoms with Gasteiger partial charge in [-0.15, -0.1) is 0 Å². The summed E-state index contributed by atoms with van der Waals surface area (Å²) in [5, 5.41) is 2.87. The summed E-state index contributed by atoms with van der Waals surface area (Å²) in [6.07, 6.45) is 0. The average molecular weight is 411 g/mol. The zero-order valence-electron chi connectivity index (χ0n) is 13.4. The molecular formula is C17H19BrN2O3S. The van der Waals surface area contributed by atoms with E-state index in [1.165, 1.54) is 12.1 Å². The van der Waals surface area contributed by atoms with E-state index >= 15 is 0 Å². The van der Waals surface area contributed by atoms with E-state index in [2.05, 4.69) is 26.0 Å². The lowest BCUT2D eigenvalue weighted by Gasteiger charge is -2.15. The van der Waals surface area contributed by atoms with Gasteiger partial charge in [-0.25, -0.2) is 13.1 Å². The third-order valence-electron chi connectivity index (χ3n) is 3.46. The molecule has 1 amide bonds. The summed E-state index contributed by atoms with van der Waals surface area (Å²) >= 11 is 3.37. The zero-order valence-corrected chi connectivity index (χ0v) is 15.8. The SMILES string of the molecule is CCNS(=O)(=O)c1cccc(C(=O)NC(C)c2ccc(Br)cc2)c1. The molecule has 1 unspecified atom stereocenters. The van der Waals surface area contributed by atoms with Crippen LogP contribution in [-0.2, 0) is 10.0 Å². The van der Waals surface area contributed by atoms with Crippen LogP contribution in [0.25, 0.3) is 0 Å². The fraction of sp³-hybridized carbons (Fsp3) is 0.235. The molecule has 0 aromatic heterocycles. The van der Waals surface area contributed by atoms with Crippen molar-refractivity contribution < 1.29 is 13.2 Å². The Morgan fingerprint density at radius 3 is 2.46 bits per heavy atom. The lowest BCUT2D eigenvalue weighted by atomic mass is 10.1. The molecule has 24 heavy (non-hydrogen) atoms. The van der Waals surface area contributed by atoms with E-state index < -0.39 is 10.0 Å². The first-order valence-electron chi connectivity index (χ1n) is 7.49. The fourth-order valence-corrected chi connectivity index (χ4v) is 3.54. The highest BCUT2D eigenvalue weighted by atomic mass is 79.9. The number of halogens is 1. The van der Waals surface area contributed by atoms with Gasteiger partial charge in [0.15, 0.2) is 0 Å². The van der Waals surface area contributed by atoms with Crippen molar-refractivity contribution in [3.8, 4) is 0 Å². The third-order valence-corrected chi connectivity index (χ3v) is 5.53. The number of amides is 1. The highest BCUT2D eigenvalue weighted by Gasteiger charge is 2.16. The Hall–Kier alpha value is -1.70. The van der Waals surface area contributed by atoms with Crippen LogP contribution in [0.3, 0.4) is 0 Å². The molecule has 1 atom stereocenters. The minimum absolute atomic E-state index is 0.0771. The number of sulfonamides is 1. The first-order chi connectivity index (χ1) is 11.3. The molecular weight excluding hydrogens is 392 g/mol. The predicted molar refractivity (Wildman–Crippen MR) is 97.3 cm³/mol. The minimum Gasteiger partial charge on any atom is -0.346 e. The maximum atomic E-state index is 12.4. The molecule has 0 aliphatic rings. The van der Waals surface area contributed by atoms with Gasteiger partial charge in [0.05, 0.1) is 10.9 Å². The number of carbonyl (C=O) groups excluding carboxylic acids is 1. The minimum atomic E-state index is -3.59. The predicted octanol–water partition coefficient (Wildman–Crippen LogP) is 3.24. The molecule has 128 valence electrons. The van der Waals surface area contributed by atoms with E-state index in [4.69, 9.17) is 0 Å². The number of carbonyl (C=O) groups is 1. The molecule has 0 radical (unpaired) electrons. The topological polar surface area (TPSA) is 75.3 Å². The van der Waals surface area contributed by atoms with Gasteiger partial charge in [-0.2, -0.15) is 0 Å². The van der Waals surface area contributed by atoms with Gasteiger partial charge in [0, 0.05) is 16.6 Å². The number of hydrogen-bond donors (Lipinski definition) is 2. The molecule has 2 aromatic carbocycles. The van der Waals surface area contributed by atoms with E-state index in [0.717, 1.165) is 10.0 Å². The monoisotopic (exact) mass is 410 g/mol. The average Bonchev–Trinajstić information content (AvgIpc) is 2.55. The highest BCUT2D eigenvalue weighted by molar-refractivity contribution is 9.10. The van der Waals surface area contributed by atoms with Crippen LogP contribution in [0.15, 0.2) is 57.9 Å². The van der Waals surface area contributed by atoms with Crippen LogP contribution in [0.2, 0.25) is 0 Å². The Bertz CT molecular complexity index is 820. The second-order valence-electron chi connectivity index (χ2n) is 5.28. The van der Waals surface area contributed by atoms with E-state index in [1.54, 1.807) is 19.1 Å². The van der Waals surface area contributed by atoms with Gasteiger partial charge in [0.1, 0.15) is 0 Å². The molecule has 0 fully saturated rings. The smallest absolute Gasteiger partial charge is 0.251 e. The molecule has 0 bridgehead atoms. The van der Waals surface area contributed by atoms with Gasteiger partial charge >= 0.3 is 0 Å². The van der Waals surface area contributed by atoms with E-state index in [1.807, 2.05) is 31.2 Å². The van der Waals surface area contributed by atoms with Crippen LogP contribution in [0.4, 0.5) is 0 Å². The standard InChI is InChI=1S/C17H19BrN2O3S/c1-3-19-24(22,23)16-6-4-5-14(11-16)17(21)20-12(2)13-7-9-15(18)10-8-13/h4-12,19H,3H2,1-2H3,(H,20,21). The van der Waals surface area contributed by atoms with Crippen molar-refractivity contribution in [2.24, 2.45) is 0 Å². The van der Waals surface area contributed by atoms with Gasteiger partial charge in [-0.3, -0.25) is 4.79 Å². The number of hydrogen-bond acceptors (Lipinski definition) is 3. The molecule has 0 aliphatic heterocycles. The molecule has 2 aromatic rings. The van der Waals surface area contributed by atoms with Crippen LogP contribution in [0.1, 0.15) is 35.8 Å². The summed E-state index contributed by atoms with van der Waals surface area (Å²) in [5.41, 5.74) is 1.26. The zero-order chi connectivity index (χ0) is 17.7. The van der Waals surface area contributed by atoms with E-state index in [0.29, 0.717) is 12.1 Å². The van der Waals surface area contributed by atoms with Gasteiger partial charge in [-0.1, -0.05) is 41.1 Å². The largest absolute Gasteiger partial charge is 0.346 e. The molecule has 0 heterocycles. The first kappa shape index (κ1) is 18.6. The Morgan fingerprint density at radius 1 is 1.17 bits per heavy atom. The maximum absolute atomic E-state index is 12.4. The molecule has 0 spiro atoms. The lowest BCUT2D eigenvalue weighted by molar-refractivity contribution is 0.0939. The number of nitrogens with one attached hydrogen (secondary N) is 2. The second kappa shape index (κ2) is 7.92. The first-order valence-corrected chi connectivity index (χ1v) is 9.77. The van der Waals surface area contributed by atoms with Crippen LogP contribution >= 0.6 is 15.9 Å². The van der Waals surface area contributed by atoms with E-state index in [9.17, 15) is 13.2 Å². The van der Waals surface area contributed by atoms with Crippen molar-refractivity contribution in [2.75, 3.05) is 6.54 Å². The summed E-state index contributed by atoms with van der Waals surface area (Å²) < 4.78 is 27.4. The molecule has 5 nitrogen and oxygen atoms in total. The molecule has 2 rings (SSSR count). The van der Waals surface area contributed by atoms with Gasteiger partial charge in [0.25, 0.3) is 5.91 Å². The Kier molecular flexibility index (Phi) is 6.15. The summed E-state index contributed by atoms with van der Waals surface area (Å²) in [4.78, 5) is 12.5. The van der Waals surface area contributed by atoms with Gasteiger partial charge < -0.3 is 5.32 Å². The van der Waals surface area contributed by atoms with Gasteiger partial charge in [-0.05, 0) is 42.8 Å². The highest BCUT2D eigenvalue weighted by Crippen LogP contribution is 2.18. The van der Waals surface area contributed by atoms with Crippen LogP contribution in [-0.4, -0.2) is 20.9 Å². The van der Waals surface area contributed by atoms with Crippen molar-refractivity contribution in [2.45, 2.75) is 24.8 Å². The van der Waals surface area contributed by atoms with Crippen LogP contribution < -0.4 is 10.0 Å². The fourth-order valence-electron chi connectivity index (χ4n) is 2.19. The van der Waals surface area contributed by atoms with Crippen LogP contribution in [0, 0.1) is 0 Å². The van der Waals surface area contributed by atoms with Crippen molar-refractivity contribution in [1.29, 1.82) is 0 Å². The number of rotatable bonds is 6. The Morgan fingerprint density at radius 2 is 1.83 bits per heavy atom. The Balaban J connectivity index is 2.17. The maximum Gasteiger partial charge on any atom is 0.251 e. The molecule has 0 saturated carbocycles. The summed E-state index contributed by atoms with van der Waals surface area (Å²) in [6.45, 7) is 3.87. The molecule has 0 saturated heterocycles. The normalized spacial score (nSPS) is 12.6. The van der Waals surface area contributed by atoms with E-state index in [-0.39, 0.29) is 16.8 Å². The summed E-state index contributed by atoms with van der Waals surface area (Å²) in [6, 6.07) is 13.4. The summed E-state index contributed by atoms with van der Waals surface area (Å²) in [7, 11) is -3.59. The second-order valence-corrected chi connectivity index (χ2v) is 7.96. The van der Waals surface area contributed by atoms with Crippen molar-refractivity contribution in [3.05, 3.63) is 64.1 Å². The molecule has 7 heteroatoms. The quantitative estimate of drug-likeness (QED) is 0.767. The lowest BCUT2D eigenvalue weighted by Crippen LogP contribution is -2.27. The molecule has 0 aliphatic carbocycles. The summed E-state index contributed by atoms with van der Waals surface area (Å²) in [5.74, 6) is -0.320. The van der Waals surface area contributed by atoms with Crippen LogP contribution in [0.5, 0.6) is 0 Å². The Labute approximate surface area is 150 Å². The van der Waals surface area contributed by atoms with Crippen molar-refractivity contribution >= 4 is 31.9 Å². The molecule has 2 N–H and O–H groups in total. The third kappa shape index (κ3) is 4.66. The van der Waals surface area contributed by atoms with Gasteiger partial charge in [0.2, 0.25) is 10.0 Å². The van der Waals surface area contributed by atoms with Crippen molar-refractivity contribution in [3.63, 3.8) is 0 Å². The van der Waals surface area contributed by atoms with Crippen molar-refractivity contribution in [1.82, 2.24) is 10.0 Å².